The van der Waals surface area contributed by atoms with E-state index >= 15 is 0 Å². The Labute approximate surface area is 139 Å². The minimum atomic E-state index is 0.317. The Hall–Kier alpha value is -1.03. The fourth-order valence-corrected chi connectivity index (χ4v) is 2.54. The molecule has 0 aromatic heterocycles. The van der Waals surface area contributed by atoms with Crippen LogP contribution in [0.15, 0.2) is 46.9 Å². The SMILES string of the molecule is CC(CCc1ccc(O)cc1)NCc1ccc(Br)c(Cl)c1. The lowest BCUT2D eigenvalue weighted by molar-refractivity contribution is 0.474. The molecule has 2 N–H and O–H groups in total. The van der Waals surface area contributed by atoms with Gasteiger partial charge in [0.2, 0.25) is 0 Å². The third-order valence-corrected chi connectivity index (χ3v) is 4.67. The molecule has 0 aliphatic carbocycles. The molecule has 1 atom stereocenters. The number of hydrogen-bond donors (Lipinski definition) is 2. The van der Waals surface area contributed by atoms with E-state index in [-0.39, 0.29) is 0 Å². The standard InChI is InChI=1S/C17H19BrClNO/c1-12(2-3-13-4-7-15(21)8-5-13)20-11-14-6-9-16(18)17(19)10-14/h4-10,12,20-21H,2-3,11H2,1H3. The molecule has 0 spiro atoms. The molecule has 0 saturated carbocycles. The molecule has 2 aromatic carbocycles. The smallest absolute Gasteiger partial charge is 0.115 e. The van der Waals surface area contributed by atoms with Gasteiger partial charge in [-0.15, -0.1) is 0 Å². The minimum Gasteiger partial charge on any atom is -0.508 e. The highest BCUT2D eigenvalue weighted by atomic mass is 79.9. The van der Waals surface area contributed by atoms with Gasteiger partial charge < -0.3 is 10.4 Å². The monoisotopic (exact) mass is 367 g/mol. The van der Waals surface area contributed by atoms with E-state index in [0.717, 1.165) is 28.9 Å². The van der Waals surface area contributed by atoms with Gasteiger partial charge in [0.1, 0.15) is 5.75 Å². The van der Waals surface area contributed by atoms with E-state index in [1.165, 1.54) is 11.1 Å². The summed E-state index contributed by atoms with van der Waals surface area (Å²) in [6.07, 6.45) is 2.05. The Morgan fingerprint density at radius 3 is 2.48 bits per heavy atom. The van der Waals surface area contributed by atoms with Gasteiger partial charge in [-0.25, -0.2) is 0 Å². The van der Waals surface area contributed by atoms with E-state index < -0.39 is 0 Å². The van der Waals surface area contributed by atoms with Gasteiger partial charge in [0.15, 0.2) is 0 Å². The summed E-state index contributed by atoms with van der Waals surface area (Å²) in [7, 11) is 0. The molecule has 0 bridgehead atoms. The number of nitrogens with one attached hydrogen (secondary N) is 1. The maximum Gasteiger partial charge on any atom is 0.115 e. The number of halogens is 2. The van der Waals surface area contributed by atoms with E-state index in [2.05, 4.69) is 34.2 Å². The summed E-state index contributed by atoms with van der Waals surface area (Å²) in [5, 5.41) is 13.5. The third kappa shape index (κ3) is 5.34. The zero-order valence-corrected chi connectivity index (χ0v) is 14.3. The summed E-state index contributed by atoms with van der Waals surface area (Å²) in [4.78, 5) is 0. The van der Waals surface area contributed by atoms with Gasteiger partial charge in [-0.1, -0.05) is 29.8 Å². The Bertz CT molecular complexity index is 586. The number of hydrogen-bond acceptors (Lipinski definition) is 2. The van der Waals surface area contributed by atoms with Crippen molar-refractivity contribution in [1.29, 1.82) is 0 Å². The van der Waals surface area contributed by atoms with Crippen LogP contribution in [0.25, 0.3) is 0 Å². The molecule has 112 valence electrons. The highest BCUT2D eigenvalue weighted by Gasteiger charge is 2.04. The maximum absolute atomic E-state index is 9.26. The number of phenolic OH excluding ortho intramolecular Hbond substituents is 1. The largest absolute Gasteiger partial charge is 0.508 e. The molecule has 2 rings (SSSR count). The van der Waals surface area contributed by atoms with Gasteiger partial charge in [-0.2, -0.15) is 0 Å². The average Bonchev–Trinajstić information content (AvgIpc) is 2.48. The molecule has 0 heterocycles. The van der Waals surface area contributed by atoms with E-state index in [4.69, 9.17) is 11.6 Å². The summed E-state index contributed by atoms with van der Waals surface area (Å²) in [6, 6.07) is 13.8. The molecular formula is C17H19BrClNO. The lowest BCUT2D eigenvalue weighted by Crippen LogP contribution is -2.25. The van der Waals surface area contributed by atoms with Crippen molar-refractivity contribution in [3.63, 3.8) is 0 Å². The topological polar surface area (TPSA) is 32.3 Å². The van der Waals surface area contributed by atoms with Crippen LogP contribution in [0, 0.1) is 0 Å². The normalized spacial score (nSPS) is 12.3. The number of phenols is 1. The first-order valence-corrected chi connectivity index (χ1v) is 8.17. The summed E-state index contributed by atoms with van der Waals surface area (Å²) >= 11 is 9.48. The van der Waals surface area contributed by atoms with Crippen LogP contribution in [-0.4, -0.2) is 11.1 Å². The van der Waals surface area contributed by atoms with Gasteiger partial charge >= 0.3 is 0 Å². The lowest BCUT2D eigenvalue weighted by Gasteiger charge is -2.14. The molecule has 0 amide bonds. The summed E-state index contributed by atoms with van der Waals surface area (Å²) in [5.41, 5.74) is 2.42. The molecule has 0 fully saturated rings. The first-order chi connectivity index (χ1) is 10.0. The lowest BCUT2D eigenvalue weighted by atomic mass is 10.1. The van der Waals surface area contributed by atoms with Crippen molar-refractivity contribution in [2.24, 2.45) is 0 Å². The van der Waals surface area contributed by atoms with Crippen molar-refractivity contribution in [3.05, 3.63) is 63.1 Å². The number of rotatable bonds is 6. The molecule has 0 aliphatic heterocycles. The summed E-state index contributed by atoms with van der Waals surface area (Å²) in [6.45, 7) is 2.99. The van der Waals surface area contributed by atoms with Crippen LogP contribution in [0.5, 0.6) is 5.75 Å². The summed E-state index contributed by atoms with van der Waals surface area (Å²) in [5.74, 6) is 0.317. The van der Waals surface area contributed by atoms with Crippen molar-refractivity contribution >= 4 is 27.5 Å². The Balaban J connectivity index is 1.77. The molecular weight excluding hydrogens is 350 g/mol. The minimum absolute atomic E-state index is 0.317. The fraction of sp³-hybridized carbons (Fsp3) is 0.294. The van der Waals surface area contributed by atoms with E-state index in [9.17, 15) is 5.11 Å². The van der Waals surface area contributed by atoms with Gasteiger partial charge in [0.05, 0.1) is 5.02 Å². The summed E-state index contributed by atoms with van der Waals surface area (Å²) < 4.78 is 0.924. The average molecular weight is 369 g/mol. The van der Waals surface area contributed by atoms with Crippen LogP contribution in [-0.2, 0) is 13.0 Å². The molecule has 4 heteroatoms. The van der Waals surface area contributed by atoms with E-state index in [0.29, 0.717) is 11.8 Å². The van der Waals surface area contributed by atoms with Crippen LogP contribution in [0.4, 0.5) is 0 Å². The fourth-order valence-electron chi connectivity index (χ4n) is 2.09. The molecule has 2 aromatic rings. The molecule has 0 radical (unpaired) electrons. The van der Waals surface area contributed by atoms with Crippen molar-refractivity contribution < 1.29 is 5.11 Å². The zero-order chi connectivity index (χ0) is 15.2. The van der Waals surface area contributed by atoms with Crippen molar-refractivity contribution in [3.8, 4) is 5.75 Å². The van der Waals surface area contributed by atoms with Gasteiger partial charge in [0.25, 0.3) is 0 Å². The molecule has 21 heavy (non-hydrogen) atoms. The first kappa shape index (κ1) is 16.3. The second kappa shape index (κ2) is 7.83. The Morgan fingerprint density at radius 2 is 1.81 bits per heavy atom. The van der Waals surface area contributed by atoms with Crippen LogP contribution >= 0.6 is 27.5 Å². The molecule has 2 nitrogen and oxygen atoms in total. The van der Waals surface area contributed by atoms with Crippen LogP contribution in [0.3, 0.4) is 0 Å². The van der Waals surface area contributed by atoms with E-state index in [1.54, 1.807) is 12.1 Å². The quantitative estimate of drug-likeness (QED) is 0.758. The predicted molar refractivity (Wildman–Crippen MR) is 91.9 cm³/mol. The first-order valence-electron chi connectivity index (χ1n) is 7.00. The van der Waals surface area contributed by atoms with Gasteiger partial charge in [-0.3, -0.25) is 0 Å². The van der Waals surface area contributed by atoms with Crippen molar-refractivity contribution in [2.45, 2.75) is 32.4 Å². The van der Waals surface area contributed by atoms with Gasteiger partial charge in [0, 0.05) is 17.1 Å². The van der Waals surface area contributed by atoms with Gasteiger partial charge in [-0.05, 0) is 71.1 Å². The van der Waals surface area contributed by atoms with Crippen LogP contribution in [0.1, 0.15) is 24.5 Å². The van der Waals surface area contributed by atoms with Crippen LogP contribution in [0.2, 0.25) is 5.02 Å². The highest BCUT2D eigenvalue weighted by Crippen LogP contribution is 2.23. The number of aromatic hydroxyl groups is 1. The number of benzene rings is 2. The zero-order valence-electron chi connectivity index (χ0n) is 11.9. The maximum atomic E-state index is 9.26. The van der Waals surface area contributed by atoms with E-state index in [1.807, 2.05) is 24.3 Å². The Morgan fingerprint density at radius 1 is 1.14 bits per heavy atom. The molecule has 0 aliphatic rings. The predicted octanol–water partition coefficient (Wildman–Crippen LogP) is 4.92. The second-order valence-electron chi connectivity index (χ2n) is 5.24. The molecule has 0 saturated heterocycles. The third-order valence-electron chi connectivity index (χ3n) is 3.44. The number of aryl methyl sites for hydroxylation is 1. The molecule has 1 unspecified atom stereocenters. The van der Waals surface area contributed by atoms with Crippen molar-refractivity contribution in [1.82, 2.24) is 5.32 Å². The second-order valence-corrected chi connectivity index (χ2v) is 6.50. The van der Waals surface area contributed by atoms with Crippen LogP contribution < -0.4 is 5.32 Å². The Kier molecular flexibility index (Phi) is 6.09. The highest BCUT2D eigenvalue weighted by molar-refractivity contribution is 9.10. The van der Waals surface area contributed by atoms with Crippen molar-refractivity contribution in [2.75, 3.05) is 0 Å².